The van der Waals surface area contributed by atoms with Crippen molar-refractivity contribution in [1.29, 1.82) is 0 Å². The topological polar surface area (TPSA) is 59.8 Å². The highest BCUT2D eigenvalue weighted by molar-refractivity contribution is 9.10. The van der Waals surface area contributed by atoms with E-state index in [9.17, 15) is 9.18 Å². The summed E-state index contributed by atoms with van der Waals surface area (Å²) in [5.41, 5.74) is 1.11. The smallest absolute Gasteiger partial charge is 0.257 e. The molecule has 3 aromatic rings. The number of halogens is 2. The van der Waals surface area contributed by atoms with Gasteiger partial charge in [-0.1, -0.05) is 0 Å². The lowest BCUT2D eigenvalue weighted by Gasteiger charge is -2.08. The van der Waals surface area contributed by atoms with Gasteiger partial charge in [0.1, 0.15) is 5.82 Å². The number of imidazole rings is 1. The number of nitrogens with zero attached hydrogens (tertiary/aromatic N) is 3. The Hall–Kier alpha value is -2.54. The number of hydrogen-bond acceptors (Lipinski definition) is 3. The molecule has 1 N–H and O–H groups in total. The van der Waals surface area contributed by atoms with Crippen molar-refractivity contribution in [2.75, 3.05) is 5.32 Å². The number of nitrogens with one attached hydrogen (secondary N) is 1. The summed E-state index contributed by atoms with van der Waals surface area (Å²) in [6.07, 6.45) is 7.73. The summed E-state index contributed by atoms with van der Waals surface area (Å²) < 4.78 is 16.4. The van der Waals surface area contributed by atoms with E-state index in [1.165, 1.54) is 18.6 Å². The predicted molar refractivity (Wildman–Crippen MR) is 83.4 cm³/mol. The molecular weight excluding hydrogens is 351 g/mol. The second kappa shape index (κ2) is 6.07. The van der Waals surface area contributed by atoms with Crippen LogP contribution in [0.3, 0.4) is 0 Å². The molecule has 0 aliphatic carbocycles. The van der Waals surface area contributed by atoms with Gasteiger partial charge in [-0.2, -0.15) is 0 Å². The van der Waals surface area contributed by atoms with Gasteiger partial charge in [0.2, 0.25) is 0 Å². The number of carbonyl (C=O) groups excluding carboxylic acids is 1. The van der Waals surface area contributed by atoms with Gasteiger partial charge < -0.3 is 9.88 Å². The summed E-state index contributed by atoms with van der Waals surface area (Å²) >= 11 is 3.25. The fourth-order valence-electron chi connectivity index (χ4n) is 1.93. The van der Waals surface area contributed by atoms with Crippen molar-refractivity contribution in [3.05, 3.63) is 71.2 Å². The molecule has 22 heavy (non-hydrogen) atoms. The fraction of sp³-hybridized carbons (Fsp3) is 0. The van der Waals surface area contributed by atoms with Crippen LogP contribution in [0.25, 0.3) is 5.69 Å². The Morgan fingerprint density at radius 2 is 2.09 bits per heavy atom. The number of aromatic nitrogens is 3. The lowest BCUT2D eigenvalue weighted by atomic mass is 10.2. The van der Waals surface area contributed by atoms with Crippen LogP contribution in [0.15, 0.2) is 59.9 Å². The van der Waals surface area contributed by atoms with Gasteiger partial charge in [0.25, 0.3) is 5.91 Å². The minimum Gasteiger partial charge on any atom is -0.322 e. The van der Waals surface area contributed by atoms with E-state index in [0.29, 0.717) is 21.4 Å². The SMILES string of the molecule is O=C(Nc1ccc(-n2ccnc2)c(F)c1)c1cncc(Br)c1. The number of hydrogen-bond donors (Lipinski definition) is 1. The van der Waals surface area contributed by atoms with E-state index in [2.05, 4.69) is 31.2 Å². The molecular formula is C15H10BrFN4O. The first-order valence-corrected chi connectivity index (χ1v) is 7.12. The maximum atomic E-state index is 14.1. The van der Waals surface area contributed by atoms with Crippen LogP contribution in [0.5, 0.6) is 0 Å². The molecule has 0 aliphatic heterocycles. The second-order valence-electron chi connectivity index (χ2n) is 4.48. The molecule has 1 aromatic carbocycles. The Bertz CT molecular complexity index is 820. The number of carbonyl (C=O) groups is 1. The highest BCUT2D eigenvalue weighted by Crippen LogP contribution is 2.19. The van der Waals surface area contributed by atoms with E-state index in [1.54, 1.807) is 41.4 Å². The highest BCUT2D eigenvalue weighted by Gasteiger charge is 2.10. The standard InChI is InChI=1S/C15H10BrFN4O/c16-11-5-10(7-19-8-11)15(22)20-12-1-2-14(13(17)6-12)21-4-3-18-9-21/h1-9H,(H,20,22). The third kappa shape index (κ3) is 3.04. The van der Waals surface area contributed by atoms with Gasteiger partial charge in [0, 0.05) is 34.9 Å². The van der Waals surface area contributed by atoms with Gasteiger partial charge in [-0.25, -0.2) is 9.37 Å². The Labute approximate surface area is 134 Å². The summed E-state index contributed by atoms with van der Waals surface area (Å²) in [6, 6.07) is 6.10. The van der Waals surface area contributed by atoms with Gasteiger partial charge in [0.05, 0.1) is 17.6 Å². The largest absolute Gasteiger partial charge is 0.322 e. The van der Waals surface area contributed by atoms with E-state index < -0.39 is 5.82 Å². The van der Waals surface area contributed by atoms with Crippen molar-refractivity contribution >= 4 is 27.5 Å². The van der Waals surface area contributed by atoms with E-state index in [-0.39, 0.29) is 5.91 Å². The molecule has 2 heterocycles. The lowest BCUT2D eigenvalue weighted by Crippen LogP contribution is -2.12. The van der Waals surface area contributed by atoms with Crippen molar-refractivity contribution < 1.29 is 9.18 Å². The summed E-state index contributed by atoms with van der Waals surface area (Å²) in [6.45, 7) is 0. The number of amides is 1. The molecule has 0 saturated carbocycles. The van der Waals surface area contributed by atoms with Crippen molar-refractivity contribution in [3.8, 4) is 5.69 Å². The Kier molecular flexibility index (Phi) is 3.97. The molecule has 110 valence electrons. The summed E-state index contributed by atoms with van der Waals surface area (Å²) in [7, 11) is 0. The molecule has 0 aliphatic rings. The molecule has 0 atom stereocenters. The zero-order chi connectivity index (χ0) is 15.5. The summed E-state index contributed by atoms with van der Waals surface area (Å²) in [5, 5.41) is 2.63. The first-order chi connectivity index (χ1) is 10.6. The van der Waals surface area contributed by atoms with Crippen LogP contribution in [0.2, 0.25) is 0 Å². The van der Waals surface area contributed by atoms with E-state index in [1.807, 2.05) is 0 Å². The fourth-order valence-corrected chi connectivity index (χ4v) is 2.30. The molecule has 0 unspecified atom stereocenters. The van der Waals surface area contributed by atoms with Crippen LogP contribution in [-0.4, -0.2) is 20.4 Å². The second-order valence-corrected chi connectivity index (χ2v) is 5.40. The maximum absolute atomic E-state index is 14.1. The molecule has 0 spiro atoms. The quantitative estimate of drug-likeness (QED) is 0.778. The van der Waals surface area contributed by atoms with Gasteiger partial charge in [-0.05, 0) is 40.2 Å². The molecule has 0 bridgehead atoms. The van der Waals surface area contributed by atoms with Gasteiger partial charge in [-0.15, -0.1) is 0 Å². The van der Waals surface area contributed by atoms with Crippen LogP contribution in [0.1, 0.15) is 10.4 Å². The zero-order valence-corrected chi connectivity index (χ0v) is 12.8. The molecule has 0 radical (unpaired) electrons. The molecule has 7 heteroatoms. The average Bonchev–Trinajstić information content (AvgIpc) is 3.01. The molecule has 5 nitrogen and oxygen atoms in total. The van der Waals surface area contributed by atoms with E-state index in [4.69, 9.17) is 0 Å². The Morgan fingerprint density at radius 3 is 2.77 bits per heavy atom. The van der Waals surface area contributed by atoms with Crippen molar-refractivity contribution in [2.24, 2.45) is 0 Å². The zero-order valence-electron chi connectivity index (χ0n) is 11.2. The molecule has 2 aromatic heterocycles. The number of pyridine rings is 1. The minimum absolute atomic E-state index is 0.358. The average molecular weight is 361 g/mol. The maximum Gasteiger partial charge on any atom is 0.257 e. The van der Waals surface area contributed by atoms with Crippen LogP contribution in [-0.2, 0) is 0 Å². The van der Waals surface area contributed by atoms with Gasteiger partial charge in [0.15, 0.2) is 0 Å². The van der Waals surface area contributed by atoms with E-state index in [0.717, 1.165) is 0 Å². The van der Waals surface area contributed by atoms with Crippen LogP contribution < -0.4 is 5.32 Å². The van der Waals surface area contributed by atoms with Gasteiger partial charge in [-0.3, -0.25) is 9.78 Å². The number of benzene rings is 1. The molecule has 0 fully saturated rings. The number of anilines is 1. The molecule has 0 saturated heterocycles. The summed E-state index contributed by atoms with van der Waals surface area (Å²) in [5.74, 6) is -0.813. The van der Waals surface area contributed by atoms with Crippen LogP contribution in [0, 0.1) is 5.82 Å². The third-order valence-electron chi connectivity index (χ3n) is 2.96. The molecule has 1 amide bonds. The predicted octanol–water partition coefficient (Wildman–Crippen LogP) is 3.42. The lowest BCUT2D eigenvalue weighted by molar-refractivity contribution is 0.102. The molecule has 3 rings (SSSR count). The Morgan fingerprint density at radius 1 is 1.23 bits per heavy atom. The Balaban J connectivity index is 1.81. The van der Waals surface area contributed by atoms with Crippen molar-refractivity contribution in [3.63, 3.8) is 0 Å². The highest BCUT2D eigenvalue weighted by atomic mass is 79.9. The first-order valence-electron chi connectivity index (χ1n) is 6.33. The van der Waals surface area contributed by atoms with Crippen LogP contribution in [0.4, 0.5) is 10.1 Å². The van der Waals surface area contributed by atoms with Crippen molar-refractivity contribution in [2.45, 2.75) is 0 Å². The normalized spacial score (nSPS) is 10.5. The monoisotopic (exact) mass is 360 g/mol. The third-order valence-corrected chi connectivity index (χ3v) is 3.39. The van der Waals surface area contributed by atoms with E-state index >= 15 is 0 Å². The van der Waals surface area contributed by atoms with Gasteiger partial charge >= 0.3 is 0 Å². The van der Waals surface area contributed by atoms with Crippen LogP contribution >= 0.6 is 15.9 Å². The van der Waals surface area contributed by atoms with Crippen molar-refractivity contribution in [1.82, 2.24) is 14.5 Å². The summed E-state index contributed by atoms with van der Waals surface area (Å²) in [4.78, 5) is 19.9. The number of rotatable bonds is 3. The minimum atomic E-state index is -0.455. The first kappa shape index (κ1) is 14.4.